The fourth-order valence-corrected chi connectivity index (χ4v) is 4.19. The number of likely N-dealkylation sites (tertiary alicyclic amines) is 1. The molecule has 1 unspecified atom stereocenters. The third-order valence-corrected chi connectivity index (χ3v) is 5.44. The van der Waals surface area contributed by atoms with Gasteiger partial charge in [-0.3, -0.25) is 14.5 Å². The van der Waals surface area contributed by atoms with Crippen molar-refractivity contribution in [3.63, 3.8) is 0 Å². The monoisotopic (exact) mass is 353 g/mol. The highest BCUT2D eigenvalue weighted by atomic mass is 16.3. The SMILES string of the molecule is CC(=O)N1CC(=O)N(c2ccccc2)CC12CCN(Cc1ccco1)C2. The van der Waals surface area contributed by atoms with Gasteiger partial charge in [0.2, 0.25) is 11.8 Å². The Kier molecular flexibility index (Phi) is 4.28. The van der Waals surface area contributed by atoms with Crippen molar-refractivity contribution in [1.29, 1.82) is 0 Å². The minimum atomic E-state index is -0.345. The lowest BCUT2D eigenvalue weighted by atomic mass is 9.91. The fraction of sp³-hybridized carbons (Fsp3) is 0.400. The van der Waals surface area contributed by atoms with Gasteiger partial charge >= 0.3 is 0 Å². The fourth-order valence-electron chi connectivity index (χ4n) is 4.19. The van der Waals surface area contributed by atoms with Crippen LogP contribution in [0, 0.1) is 0 Å². The first kappa shape index (κ1) is 16.8. The maximum Gasteiger partial charge on any atom is 0.246 e. The molecule has 26 heavy (non-hydrogen) atoms. The summed E-state index contributed by atoms with van der Waals surface area (Å²) < 4.78 is 5.47. The number of hydrogen-bond acceptors (Lipinski definition) is 4. The van der Waals surface area contributed by atoms with Crippen LogP contribution in [0.1, 0.15) is 19.1 Å². The van der Waals surface area contributed by atoms with E-state index in [0.717, 1.165) is 37.5 Å². The Morgan fingerprint density at radius 2 is 1.96 bits per heavy atom. The maximum atomic E-state index is 12.7. The number of para-hydroxylation sites is 1. The molecule has 0 saturated carbocycles. The summed E-state index contributed by atoms with van der Waals surface area (Å²) in [7, 11) is 0. The molecule has 1 atom stereocenters. The number of nitrogens with zero attached hydrogens (tertiary/aromatic N) is 3. The van der Waals surface area contributed by atoms with Crippen LogP contribution in [0.2, 0.25) is 0 Å². The molecule has 2 fully saturated rings. The number of rotatable bonds is 3. The number of benzene rings is 1. The van der Waals surface area contributed by atoms with E-state index in [1.165, 1.54) is 0 Å². The quantitative estimate of drug-likeness (QED) is 0.848. The minimum Gasteiger partial charge on any atom is -0.468 e. The van der Waals surface area contributed by atoms with Crippen molar-refractivity contribution >= 4 is 17.5 Å². The number of hydrogen-bond donors (Lipinski definition) is 0. The Morgan fingerprint density at radius 3 is 2.65 bits per heavy atom. The lowest BCUT2D eigenvalue weighted by Gasteiger charge is -2.48. The highest BCUT2D eigenvalue weighted by Gasteiger charge is 2.50. The van der Waals surface area contributed by atoms with Crippen molar-refractivity contribution in [2.24, 2.45) is 0 Å². The van der Waals surface area contributed by atoms with Crippen LogP contribution in [0.25, 0.3) is 0 Å². The van der Waals surface area contributed by atoms with E-state index >= 15 is 0 Å². The summed E-state index contributed by atoms with van der Waals surface area (Å²) in [5, 5.41) is 0. The minimum absolute atomic E-state index is 0.0264. The average Bonchev–Trinajstić information content (AvgIpc) is 3.28. The zero-order valence-corrected chi connectivity index (χ0v) is 14.9. The summed E-state index contributed by atoms with van der Waals surface area (Å²) in [5.41, 5.74) is 0.548. The van der Waals surface area contributed by atoms with Crippen molar-refractivity contribution < 1.29 is 14.0 Å². The highest BCUT2D eigenvalue weighted by molar-refractivity contribution is 5.98. The van der Waals surface area contributed by atoms with Gasteiger partial charge in [0, 0.05) is 25.7 Å². The first-order valence-corrected chi connectivity index (χ1v) is 8.96. The second-order valence-corrected chi connectivity index (χ2v) is 7.18. The summed E-state index contributed by atoms with van der Waals surface area (Å²) in [6.07, 6.45) is 2.53. The van der Waals surface area contributed by atoms with Crippen LogP contribution < -0.4 is 4.90 Å². The van der Waals surface area contributed by atoms with Crippen molar-refractivity contribution in [1.82, 2.24) is 9.80 Å². The number of anilines is 1. The van der Waals surface area contributed by atoms with Gasteiger partial charge < -0.3 is 14.2 Å². The normalized spacial score (nSPS) is 23.8. The van der Waals surface area contributed by atoms with E-state index in [2.05, 4.69) is 4.90 Å². The number of furan rings is 1. The highest BCUT2D eigenvalue weighted by Crippen LogP contribution is 2.35. The van der Waals surface area contributed by atoms with E-state index in [9.17, 15) is 9.59 Å². The molecule has 6 nitrogen and oxygen atoms in total. The van der Waals surface area contributed by atoms with Crippen LogP contribution in [0.15, 0.2) is 53.1 Å². The summed E-state index contributed by atoms with van der Waals surface area (Å²) in [5.74, 6) is 0.857. The number of carbonyl (C=O) groups excluding carboxylic acids is 2. The van der Waals surface area contributed by atoms with Gasteiger partial charge in [-0.2, -0.15) is 0 Å². The van der Waals surface area contributed by atoms with E-state index in [0.29, 0.717) is 6.54 Å². The van der Waals surface area contributed by atoms with Gasteiger partial charge in [-0.15, -0.1) is 0 Å². The summed E-state index contributed by atoms with van der Waals surface area (Å²) >= 11 is 0. The summed E-state index contributed by atoms with van der Waals surface area (Å²) in [6.45, 7) is 4.57. The number of piperazine rings is 1. The second-order valence-electron chi connectivity index (χ2n) is 7.18. The van der Waals surface area contributed by atoms with Crippen molar-refractivity contribution in [3.05, 3.63) is 54.5 Å². The zero-order chi connectivity index (χ0) is 18.1. The summed E-state index contributed by atoms with van der Waals surface area (Å²) in [6, 6.07) is 13.6. The molecule has 2 aliphatic rings. The molecule has 136 valence electrons. The molecule has 2 saturated heterocycles. The topological polar surface area (TPSA) is 57.0 Å². The van der Waals surface area contributed by atoms with Gasteiger partial charge in [-0.25, -0.2) is 0 Å². The molecular weight excluding hydrogens is 330 g/mol. The molecular formula is C20H23N3O3. The van der Waals surface area contributed by atoms with Crippen LogP contribution in [-0.2, 0) is 16.1 Å². The molecule has 6 heteroatoms. The second kappa shape index (κ2) is 6.61. The molecule has 2 amide bonds. The molecule has 0 N–H and O–H groups in total. The van der Waals surface area contributed by atoms with Gasteiger partial charge in [0.25, 0.3) is 0 Å². The molecule has 4 rings (SSSR count). The van der Waals surface area contributed by atoms with Gasteiger partial charge in [-0.05, 0) is 30.7 Å². The van der Waals surface area contributed by atoms with Crippen molar-refractivity contribution in [3.8, 4) is 0 Å². The molecule has 0 aliphatic carbocycles. The number of amides is 2. The van der Waals surface area contributed by atoms with Crippen molar-refractivity contribution in [2.75, 3.05) is 31.1 Å². The van der Waals surface area contributed by atoms with Gasteiger partial charge in [-0.1, -0.05) is 18.2 Å². The Morgan fingerprint density at radius 1 is 1.15 bits per heavy atom. The molecule has 0 radical (unpaired) electrons. The van der Waals surface area contributed by atoms with E-state index in [1.54, 1.807) is 18.1 Å². The van der Waals surface area contributed by atoms with Crippen LogP contribution in [-0.4, -0.2) is 53.3 Å². The van der Waals surface area contributed by atoms with Crippen LogP contribution in [0.5, 0.6) is 0 Å². The molecule has 1 aromatic heterocycles. The Labute approximate surface area is 153 Å². The first-order valence-electron chi connectivity index (χ1n) is 8.96. The summed E-state index contributed by atoms with van der Waals surface area (Å²) in [4.78, 5) is 30.9. The van der Waals surface area contributed by atoms with E-state index in [-0.39, 0.29) is 23.9 Å². The third kappa shape index (κ3) is 3.01. The smallest absolute Gasteiger partial charge is 0.246 e. The van der Waals surface area contributed by atoms with Crippen LogP contribution in [0.3, 0.4) is 0 Å². The lowest BCUT2D eigenvalue weighted by Crippen LogP contribution is -2.66. The molecule has 3 heterocycles. The molecule has 0 bridgehead atoms. The van der Waals surface area contributed by atoms with E-state index in [1.807, 2.05) is 47.4 Å². The first-order chi connectivity index (χ1) is 12.6. The van der Waals surface area contributed by atoms with Gasteiger partial charge in [0.1, 0.15) is 12.3 Å². The molecule has 2 aromatic rings. The predicted molar refractivity (Wildman–Crippen MR) is 97.5 cm³/mol. The Hall–Kier alpha value is -2.60. The Bertz CT molecular complexity index is 790. The zero-order valence-electron chi connectivity index (χ0n) is 14.9. The van der Waals surface area contributed by atoms with Crippen LogP contribution in [0.4, 0.5) is 5.69 Å². The molecule has 2 aliphatic heterocycles. The Balaban J connectivity index is 1.59. The van der Waals surface area contributed by atoms with Gasteiger partial charge in [0.15, 0.2) is 0 Å². The largest absolute Gasteiger partial charge is 0.468 e. The van der Waals surface area contributed by atoms with E-state index in [4.69, 9.17) is 4.42 Å². The predicted octanol–water partition coefficient (Wildman–Crippen LogP) is 2.12. The standard InChI is InChI=1S/C20H23N3O3/c1-16(24)23-13-19(25)22(17-6-3-2-4-7-17)15-20(23)9-10-21(14-20)12-18-8-5-11-26-18/h2-8,11H,9-10,12-15H2,1H3. The van der Waals surface area contributed by atoms with E-state index < -0.39 is 0 Å². The number of carbonyl (C=O) groups is 2. The van der Waals surface area contributed by atoms with Crippen LogP contribution >= 0.6 is 0 Å². The van der Waals surface area contributed by atoms with Gasteiger partial charge in [0.05, 0.1) is 24.9 Å². The molecule has 1 aromatic carbocycles. The average molecular weight is 353 g/mol. The lowest BCUT2D eigenvalue weighted by molar-refractivity contribution is -0.142. The van der Waals surface area contributed by atoms with Crippen molar-refractivity contribution in [2.45, 2.75) is 25.4 Å². The maximum absolute atomic E-state index is 12.7. The molecule has 1 spiro atoms. The third-order valence-electron chi connectivity index (χ3n) is 5.44.